The summed E-state index contributed by atoms with van der Waals surface area (Å²) < 4.78 is 13.8. The first-order chi connectivity index (χ1) is 13.3. The number of aryl methyl sites for hydroxylation is 1. The van der Waals surface area contributed by atoms with Gasteiger partial charge in [-0.25, -0.2) is 14.4 Å². The highest BCUT2D eigenvalue weighted by atomic mass is 35.5. The van der Waals surface area contributed by atoms with Gasteiger partial charge in [-0.3, -0.25) is 9.69 Å². The van der Waals surface area contributed by atoms with E-state index >= 15 is 0 Å². The Bertz CT molecular complexity index is 852. The van der Waals surface area contributed by atoms with Crippen molar-refractivity contribution >= 4 is 29.0 Å². The van der Waals surface area contributed by atoms with Crippen molar-refractivity contribution in [3.8, 4) is 0 Å². The van der Waals surface area contributed by atoms with E-state index in [9.17, 15) is 9.18 Å². The highest BCUT2D eigenvalue weighted by molar-refractivity contribution is 6.30. The Morgan fingerprint density at radius 1 is 1.21 bits per heavy atom. The maximum absolute atomic E-state index is 13.8. The predicted octanol–water partition coefficient (Wildman–Crippen LogP) is 3.46. The average molecular weight is 406 g/mol. The fourth-order valence-corrected chi connectivity index (χ4v) is 3.29. The number of aromatic nitrogens is 2. The number of carbonyl (C=O) groups is 1. The van der Waals surface area contributed by atoms with Crippen LogP contribution in [0.3, 0.4) is 0 Å². The van der Waals surface area contributed by atoms with E-state index in [4.69, 9.17) is 11.6 Å². The number of carbonyl (C=O) groups excluding carboxylic acids is 1. The van der Waals surface area contributed by atoms with E-state index in [0.717, 1.165) is 43.5 Å². The molecule has 8 heteroatoms. The van der Waals surface area contributed by atoms with Crippen molar-refractivity contribution in [2.24, 2.45) is 0 Å². The molecule has 28 heavy (non-hydrogen) atoms. The van der Waals surface area contributed by atoms with Crippen LogP contribution < -0.4 is 10.2 Å². The molecule has 0 radical (unpaired) electrons. The number of amides is 1. The molecule has 0 saturated carbocycles. The van der Waals surface area contributed by atoms with Gasteiger partial charge in [0.15, 0.2) is 0 Å². The van der Waals surface area contributed by atoms with E-state index in [1.165, 1.54) is 18.2 Å². The first kappa shape index (κ1) is 20.5. The minimum atomic E-state index is -0.498. The zero-order valence-electron chi connectivity index (χ0n) is 16.4. The van der Waals surface area contributed by atoms with Crippen LogP contribution in [0.25, 0.3) is 0 Å². The minimum Gasteiger partial charge on any atom is -0.354 e. The Morgan fingerprint density at radius 3 is 2.61 bits per heavy atom. The molecule has 6 nitrogen and oxygen atoms in total. The highest BCUT2D eigenvalue weighted by Crippen LogP contribution is 2.20. The average Bonchev–Trinajstić information content (AvgIpc) is 2.64. The number of benzene rings is 1. The van der Waals surface area contributed by atoms with E-state index in [0.29, 0.717) is 5.02 Å². The molecule has 0 aliphatic carbocycles. The van der Waals surface area contributed by atoms with Gasteiger partial charge >= 0.3 is 0 Å². The number of piperazine rings is 1. The zero-order valence-corrected chi connectivity index (χ0v) is 17.1. The Kier molecular flexibility index (Phi) is 6.46. The lowest BCUT2D eigenvalue weighted by Crippen LogP contribution is -2.49. The van der Waals surface area contributed by atoms with Crippen LogP contribution in [0.1, 0.15) is 31.3 Å². The molecule has 0 unspecified atom stereocenters. The molecule has 1 saturated heterocycles. The molecule has 0 bridgehead atoms. The maximum atomic E-state index is 13.8. The first-order valence-corrected chi connectivity index (χ1v) is 9.77. The van der Waals surface area contributed by atoms with Crippen LogP contribution >= 0.6 is 11.6 Å². The summed E-state index contributed by atoms with van der Waals surface area (Å²) in [5.41, 5.74) is 1.06. The second-order valence-corrected chi connectivity index (χ2v) is 7.75. The number of anilines is 2. The molecule has 1 aliphatic heterocycles. The van der Waals surface area contributed by atoms with E-state index in [1.54, 1.807) is 0 Å². The van der Waals surface area contributed by atoms with Crippen LogP contribution in [0.15, 0.2) is 24.3 Å². The largest absolute Gasteiger partial charge is 0.354 e. The van der Waals surface area contributed by atoms with Crippen molar-refractivity contribution in [2.75, 3.05) is 42.9 Å². The smallest absolute Gasteiger partial charge is 0.238 e. The molecule has 1 aromatic heterocycles. The standard InChI is InChI=1S/C20H25ClFN5O/c1-13(2)20-23-14(3)10-18(25-20)27-8-6-26(7-9-27)12-19(28)24-17-11-15(21)4-5-16(17)22/h4-5,10-11,13H,6-9,12H2,1-3H3,(H,24,28). The summed E-state index contributed by atoms with van der Waals surface area (Å²) in [6.45, 7) is 9.35. The lowest BCUT2D eigenvalue weighted by atomic mass is 10.2. The molecule has 0 atom stereocenters. The second kappa shape index (κ2) is 8.84. The van der Waals surface area contributed by atoms with Gasteiger partial charge in [-0.1, -0.05) is 25.4 Å². The molecular weight excluding hydrogens is 381 g/mol. The Hall–Kier alpha value is -2.25. The fraction of sp³-hybridized carbons (Fsp3) is 0.450. The Morgan fingerprint density at radius 2 is 1.93 bits per heavy atom. The number of rotatable bonds is 5. The van der Waals surface area contributed by atoms with Crippen LogP contribution in [0, 0.1) is 12.7 Å². The summed E-state index contributed by atoms with van der Waals surface area (Å²) in [6.07, 6.45) is 0. The Balaban J connectivity index is 1.55. The van der Waals surface area contributed by atoms with Crippen molar-refractivity contribution in [1.29, 1.82) is 0 Å². The number of hydrogen-bond donors (Lipinski definition) is 1. The van der Waals surface area contributed by atoms with Crippen molar-refractivity contribution in [2.45, 2.75) is 26.7 Å². The molecule has 1 fully saturated rings. The van der Waals surface area contributed by atoms with Crippen molar-refractivity contribution < 1.29 is 9.18 Å². The monoisotopic (exact) mass is 405 g/mol. The summed E-state index contributed by atoms with van der Waals surface area (Å²) in [4.78, 5) is 25.7. The molecular formula is C20H25ClFN5O. The van der Waals surface area contributed by atoms with Crippen LogP contribution in [-0.2, 0) is 4.79 Å². The van der Waals surface area contributed by atoms with E-state index in [2.05, 4.69) is 34.0 Å². The van der Waals surface area contributed by atoms with Gasteiger partial charge in [-0.05, 0) is 25.1 Å². The van der Waals surface area contributed by atoms with Crippen LogP contribution in [0.4, 0.5) is 15.9 Å². The summed E-state index contributed by atoms with van der Waals surface area (Å²) in [5, 5.41) is 2.98. The van der Waals surface area contributed by atoms with Gasteiger partial charge in [0, 0.05) is 48.9 Å². The van der Waals surface area contributed by atoms with Crippen LogP contribution in [-0.4, -0.2) is 53.5 Å². The number of halogens is 2. The summed E-state index contributed by atoms with van der Waals surface area (Å²) in [6, 6.07) is 6.10. The summed E-state index contributed by atoms with van der Waals surface area (Å²) in [7, 11) is 0. The molecule has 1 amide bonds. The summed E-state index contributed by atoms with van der Waals surface area (Å²) in [5.74, 6) is 1.30. The molecule has 150 valence electrons. The van der Waals surface area contributed by atoms with Gasteiger partial charge in [0.2, 0.25) is 5.91 Å². The minimum absolute atomic E-state index is 0.105. The Labute approximate surface area is 169 Å². The fourth-order valence-electron chi connectivity index (χ4n) is 3.12. The first-order valence-electron chi connectivity index (χ1n) is 9.39. The third kappa shape index (κ3) is 5.17. The molecule has 3 rings (SSSR count). The molecule has 2 aromatic rings. The van der Waals surface area contributed by atoms with E-state index in [-0.39, 0.29) is 24.1 Å². The van der Waals surface area contributed by atoms with E-state index in [1.807, 2.05) is 17.9 Å². The number of hydrogen-bond acceptors (Lipinski definition) is 5. The lowest BCUT2D eigenvalue weighted by Gasteiger charge is -2.35. The SMILES string of the molecule is Cc1cc(N2CCN(CC(=O)Nc3cc(Cl)ccc3F)CC2)nc(C(C)C)n1. The molecule has 2 heterocycles. The van der Waals surface area contributed by atoms with Gasteiger partial charge in [0.1, 0.15) is 17.5 Å². The van der Waals surface area contributed by atoms with Gasteiger partial charge in [-0.15, -0.1) is 0 Å². The highest BCUT2D eigenvalue weighted by Gasteiger charge is 2.21. The van der Waals surface area contributed by atoms with Gasteiger partial charge < -0.3 is 10.2 Å². The van der Waals surface area contributed by atoms with Crippen LogP contribution in [0.2, 0.25) is 5.02 Å². The number of nitrogens with zero attached hydrogens (tertiary/aromatic N) is 4. The second-order valence-electron chi connectivity index (χ2n) is 7.32. The van der Waals surface area contributed by atoms with Gasteiger partial charge in [0.25, 0.3) is 0 Å². The molecule has 1 aliphatic rings. The number of nitrogens with one attached hydrogen (secondary N) is 1. The zero-order chi connectivity index (χ0) is 20.3. The third-order valence-corrected chi connectivity index (χ3v) is 4.88. The molecule has 1 aromatic carbocycles. The quantitative estimate of drug-likeness (QED) is 0.825. The van der Waals surface area contributed by atoms with Crippen molar-refractivity contribution in [3.63, 3.8) is 0 Å². The van der Waals surface area contributed by atoms with Crippen LogP contribution in [0.5, 0.6) is 0 Å². The third-order valence-electron chi connectivity index (χ3n) is 4.64. The van der Waals surface area contributed by atoms with Crippen molar-refractivity contribution in [3.05, 3.63) is 46.6 Å². The summed E-state index contributed by atoms with van der Waals surface area (Å²) >= 11 is 5.86. The lowest BCUT2D eigenvalue weighted by molar-refractivity contribution is -0.117. The topological polar surface area (TPSA) is 61.4 Å². The molecule has 1 N–H and O–H groups in total. The van der Waals surface area contributed by atoms with Gasteiger partial charge in [0.05, 0.1) is 12.2 Å². The predicted molar refractivity (Wildman–Crippen MR) is 110 cm³/mol. The normalized spacial score (nSPS) is 15.1. The maximum Gasteiger partial charge on any atom is 0.238 e. The van der Waals surface area contributed by atoms with Gasteiger partial charge in [-0.2, -0.15) is 0 Å². The van der Waals surface area contributed by atoms with E-state index < -0.39 is 5.82 Å². The molecule has 0 spiro atoms. The van der Waals surface area contributed by atoms with Crippen molar-refractivity contribution in [1.82, 2.24) is 14.9 Å².